The second kappa shape index (κ2) is 5.62. The minimum absolute atomic E-state index is 0.405. The van der Waals surface area contributed by atoms with Crippen molar-refractivity contribution in [1.82, 2.24) is 0 Å². The van der Waals surface area contributed by atoms with E-state index >= 15 is 0 Å². The van der Waals surface area contributed by atoms with Crippen LogP contribution in [0.2, 0.25) is 0 Å². The Morgan fingerprint density at radius 1 is 1.33 bits per heavy atom. The van der Waals surface area contributed by atoms with Crippen LogP contribution >= 0.6 is 15.9 Å². The topological polar surface area (TPSA) is 23.5 Å². The Morgan fingerprint density at radius 2 is 2.06 bits per heavy atom. The lowest BCUT2D eigenvalue weighted by atomic mass is 9.95. The van der Waals surface area contributed by atoms with Gasteiger partial charge in [-0.25, -0.2) is 0 Å². The number of nitrogens with zero attached hydrogens (tertiary/aromatic N) is 1. The molecule has 1 saturated heterocycles. The summed E-state index contributed by atoms with van der Waals surface area (Å²) in [7, 11) is 0. The molecule has 1 aromatic carbocycles. The Balaban J connectivity index is 2.15. The molecule has 1 N–H and O–H groups in total. The van der Waals surface area contributed by atoms with E-state index in [-0.39, 0.29) is 0 Å². The van der Waals surface area contributed by atoms with Crippen LogP contribution in [-0.2, 0) is 0 Å². The van der Waals surface area contributed by atoms with Crippen molar-refractivity contribution in [1.29, 1.82) is 0 Å². The molecule has 0 aliphatic carbocycles. The van der Waals surface area contributed by atoms with Gasteiger partial charge in [-0.3, -0.25) is 0 Å². The van der Waals surface area contributed by atoms with E-state index in [4.69, 9.17) is 0 Å². The molecule has 2 rings (SSSR count). The molecule has 2 atom stereocenters. The first kappa shape index (κ1) is 13.9. The quantitative estimate of drug-likeness (QED) is 0.912. The molecule has 0 bridgehead atoms. The molecule has 0 spiro atoms. The number of benzene rings is 1. The minimum atomic E-state index is -0.405. The largest absolute Gasteiger partial charge is 0.389 e. The second-order valence-corrected chi connectivity index (χ2v) is 6.48. The van der Waals surface area contributed by atoms with Crippen LogP contribution in [0.15, 0.2) is 22.7 Å². The average molecular weight is 312 g/mol. The van der Waals surface area contributed by atoms with E-state index in [1.54, 1.807) is 6.92 Å². The summed E-state index contributed by atoms with van der Waals surface area (Å²) in [5, 5.41) is 9.58. The molecule has 0 saturated carbocycles. The first-order chi connectivity index (χ1) is 8.49. The zero-order chi connectivity index (χ0) is 13.3. The van der Waals surface area contributed by atoms with E-state index in [2.05, 4.69) is 40.7 Å². The summed E-state index contributed by atoms with van der Waals surface area (Å²) in [5.74, 6) is 1.55. The summed E-state index contributed by atoms with van der Waals surface area (Å²) in [4.78, 5) is 2.45. The monoisotopic (exact) mass is 311 g/mol. The van der Waals surface area contributed by atoms with Gasteiger partial charge in [0.2, 0.25) is 0 Å². The highest BCUT2D eigenvalue weighted by atomic mass is 79.9. The SMILES string of the molecule is CC(C)C1CCN(c2ccc([C@H](C)O)cc2Br)C1. The maximum atomic E-state index is 9.58. The third kappa shape index (κ3) is 2.89. The number of hydrogen-bond donors (Lipinski definition) is 1. The Morgan fingerprint density at radius 3 is 2.56 bits per heavy atom. The number of aliphatic hydroxyl groups excluding tert-OH is 1. The molecule has 100 valence electrons. The van der Waals surface area contributed by atoms with Crippen molar-refractivity contribution in [3.63, 3.8) is 0 Å². The Labute approximate surface area is 118 Å². The van der Waals surface area contributed by atoms with Crippen LogP contribution in [0.4, 0.5) is 5.69 Å². The van der Waals surface area contributed by atoms with Crippen molar-refractivity contribution in [2.24, 2.45) is 11.8 Å². The molecule has 1 heterocycles. The van der Waals surface area contributed by atoms with E-state index in [1.165, 1.54) is 12.1 Å². The van der Waals surface area contributed by atoms with Gasteiger partial charge in [-0.15, -0.1) is 0 Å². The smallest absolute Gasteiger partial charge is 0.0762 e. The van der Waals surface area contributed by atoms with Crippen LogP contribution in [-0.4, -0.2) is 18.2 Å². The van der Waals surface area contributed by atoms with Crippen molar-refractivity contribution >= 4 is 21.6 Å². The van der Waals surface area contributed by atoms with E-state index in [1.807, 2.05) is 12.1 Å². The highest BCUT2D eigenvalue weighted by Crippen LogP contribution is 2.34. The maximum Gasteiger partial charge on any atom is 0.0762 e. The third-order valence-corrected chi connectivity index (χ3v) is 4.60. The van der Waals surface area contributed by atoms with Crippen molar-refractivity contribution in [3.8, 4) is 0 Å². The molecular formula is C15H22BrNO. The van der Waals surface area contributed by atoms with Crippen LogP contribution in [0.3, 0.4) is 0 Å². The van der Waals surface area contributed by atoms with Gasteiger partial charge in [0.25, 0.3) is 0 Å². The Hall–Kier alpha value is -0.540. The van der Waals surface area contributed by atoms with Crippen molar-refractivity contribution in [2.75, 3.05) is 18.0 Å². The first-order valence-electron chi connectivity index (χ1n) is 6.71. The predicted octanol–water partition coefficient (Wildman–Crippen LogP) is 3.98. The van der Waals surface area contributed by atoms with Gasteiger partial charge in [-0.1, -0.05) is 19.9 Å². The number of halogens is 1. The molecule has 18 heavy (non-hydrogen) atoms. The number of aliphatic hydroxyl groups is 1. The lowest BCUT2D eigenvalue weighted by Crippen LogP contribution is -2.21. The molecule has 1 aliphatic rings. The highest BCUT2D eigenvalue weighted by molar-refractivity contribution is 9.10. The van der Waals surface area contributed by atoms with Crippen molar-refractivity contribution < 1.29 is 5.11 Å². The van der Waals surface area contributed by atoms with Crippen LogP contribution in [0.25, 0.3) is 0 Å². The average Bonchev–Trinajstić information content (AvgIpc) is 2.78. The van der Waals surface area contributed by atoms with Crippen LogP contribution in [0, 0.1) is 11.8 Å². The van der Waals surface area contributed by atoms with Gasteiger partial charge >= 0.3 is 0 Å². The van der Waals surface area contributed by atoms with Gasteiger partial charge in [0.05, 0.1) is 11.8 Å². The standard InChI is InChI=1S/C15H22BrNO/c1-10(2)13-6-7-17(9-13)15-5-4-12(11(3)18)8-14(15)16/h4-5,8,10-11,13,18H,6-7,9H2,1-3H3/t11-,13?/m0/s1. The van der Waals surface area contributed by atoms with Gasteiger partial charge in [0.15, 0.2) is 0 Å². The highest BCUT2D eigenvalue weighted by Gasteiger charge is 2.26. The van der Waals surface area contributed by atoms with E-state index in [0.717, 1.165) is 35.0 Å². The second-order valence-electron chi connectivity index (χ2n) is 5.63. The molecule has 1 aromatic rings. The predicted molar refractivity (Wildman–Crippen MR) is 79.9 cm³/mol. The summed E-state index contributed by atoms with van der Waals surface area (Å²) in [6, 6.07) is 6.17. The molecule has 2 nitrogen and oxygen atoms in total. The molecular weight excluding hydrogens is 290 g/mol. The van der Waals surface area contributed by atoms with Crippen molar-refractivity contribution in [3.05, 3.63) is 28.2 Å². The molecule has 3 heteroatoms. The third-order valence-electron chi connectivity index (χ3n) is 3.96. The summed E-state index contributed by atoms with van der Waals surface area (Å²) in [6.45, 7) is 8.69. The maximum absolute atomic E-state index is 9.58. The number of hydrogen-bond acceptors (Lipinski definition) is 2. The zero-order valence-corrected chi connectivity index (χ0v) is 12.9. The molecule has 0 radical (unpaired) electrons. The van der Waals surface area contributed by atoms with Gasteiger partial charge in [-0.05, 0) is 58.8 Å². The molecule has 1 aliphatic heterocycles. The lowest BCUT2D eigenvalue weighted by Gasteiger charge is -2.22. The van der Waals surface area contributed by atoms with Gasteiger partial charge in [0, 0.05) is 17.6 Å². The summed E-state index contributed by atoms with van der Waals surface area (Å²) in [6.07, 6.45) is 0.875. The fraction of sp³-hybridized carbons (Fsp3) is 0.600. The van der Waals surface area contributed by atoms with Gasteiger partial charge in [-0.2, -0.15) is 0 Å². The van der Waals surface area contributed by atoms with Crippen LogP contribution in [0.1, 0.15) is 38.9 Å². The van der Waals surface area contributed by atoms with E-state index < -0.39 is 6.10 Å². The zero-order valence-electron chi connectivity index (χ0n) is 11.4. The van der Waals surface area contributed by atoms with Crippen LogP contribution in [0.5, 0.6) is 0 Å². The molecule has 1 fully saturated rings. The van der Waals surface area contributed by atoms with Gasteiger partial charge < -0.3 is 10.0 Å². The van der Waals surface area contributed by atoms with E-state index in [9.17, 15) is 5.11 Å². The normalized spacial score (nSPS) is 21.7. The Bertz CT molecular complexity index is 417. The first-order valence-corrected chi connectivity index (χ1v) is 7.50. The molecule has 0 amide bonds. The number of anilines is 1. The summed E-state index contributed by atoms with van der Waals surface area (Å²) < 4.78 is 1.09. The fourth-order valence-electron chi connectivity index (χ4n) is 2.59. The summed E-state index contributed by atoms with van der Waals surface area (Å²) in [5.41, 5.74) is 2.22. The molecule has 0 aromatic heterocycles. The van der Waals surface area contributed by atoms with E-state index in [0.29, 0.717) is 0 Å². The Kier molecular flexibility index (Phi) is 4.33. The molecule has 1 unspecified atom stereocenters. The fourth-order valence-corrected chi connectivity index (χ4v) is 3.24. The number of rotatable bonds is 3. The minimum Gasteiger partial charge on any atom is -0.389 e. The van der Waals surface area contributed by atoms with Crippen molar-refractivity contribution in [2.45, 2.75) is 33.3 Å². The van der Waals surface area contributed by atoms with Crippen LogP contribution < -0.4 is 4.90 Å². The lowest BCUT2D eigenvalue weighted by molar-refractivity contribution is 0.199. The summed E-state index contributed by atoms with van der Waals surface area (Å²) >= 11 is 3.63. The van der Waals surface area contributed by atoms with Gasteiger partial charge in [0.1, 0.15) is 0 Å².